The molecule has 0 saturated carbocycles. The number of hydrazine groups is 1. The summed E-state index contributed by atoms with van der Waals surface area (Å²) >= 11 is 0. The fourth-order valence-corrected chi connectivity index (χ4v) is 2.90. The predicted molar refractivity (Wildman–Crippen MR) is 89.1 cm³/mol. The van der Waals surface area contributed by atoms with Gasteiger partial charge in [0.1, 0.15) is 0 Å². The van der Waals surface area contributed by atoms with Gasteiger partial charge in [0, 0.05) is 0 Å². The van der Waals surface area contributed by atoms with Crippen molar-refractivity contribution in [1.29, 1.82) is 0 Å². The van der Waals surface area contributed by atoms with Gasteiger partial charge in [0.15, 0.2) is 0 Å². The molecular formula is C17H18FeN2O2S. The van der Waals surface area contributed by atoms with Crippen LogP contribution in [0.3, 0.4) is 0 Å². The van der Waals surface area contributed by atoms with E-state index < -0.39 is 10.0 Å². The van der Waals surface area contributed by atoms with E-state index in [-0.39, 0.29) is 22.0 Å². The van der Waals surface area contributed by atoms with Crippen molar-refractivity contribution in [1.82, 2.24) is 0 Å². The van der Waals surface area contributed by atoms with Gasteiger partial charge in [-0.25, -0.2) is 38.5 Å². The first-order chi connectivity index (χ1) is 10.5. The maximum Gasteiger partial charge on any atom is 2.00 e. The van der Waals surface area contributed by atoms with Crippen LogP contribution >= 0.6 is 0 Å². The molecule has 0 fully saturated rings. The van der Waals surface area contributed by atoms with Gasteiger partial charge >= 0.3 is 17.1 Å². The maximum absolute atomic E-state index is 12.1. The average Bonchev–Trinajstić information content (AvgIpc) is 3.23. The fourth-order valence-electron chi connectivity index (χ4n) is 1.79. The van der Waals surface area contributed by atoms with Crippen molar-refractivity contribution in [3.05, 3.63) is 84.4 Å². The second-order valence-corrected chi connectivity index (χ2v) is 6.53. The third-order valence-corrected chi connectivity index (χ3v) is 4.63. The van der Waals surface area contributed by atoms with Crippen LogP contribution in [0.2, 0.25) is 0 Å². The molecular weight excluding hydrogens is 352 g/mol. The number of aryl methyl sites for hydroxylation is 1. The molecule has 3 rings (SSSR count). The zero-order chi connectivity index (χ0) is 16.0. The molecule has 0 aliphatic carbocycles. The Bertz CT molecular complexity index is 747. The Balaban J connectivity index is 0.000000377. The van der Waals surface area contributed by atoms with E-state index in [0.29, 0.717) is 5.69 Å². The van der Waals surface area contributed by atoms with Crippen LogP contribution < -0.4 is 10.3 Å². The summed E-state index contributed by atoms with van der Waals surface area (Å²) in [7, 11) is -3.67. The summed E-state index contributed by atoms with van der Waals surface area (Å²) < 4.78 is 25.1. The first kappa shape index (κ1) is 19.2. The quantitative estimate of drug-likeness (QED) is 0.333. The molecule has 23 heavy (non-hydrogen) atoms. The summed E-state index contributed by atoms with van der Waals surface area (Å²) in [5, 5.41) is 0. The number of rotatable bonds is 3. The zero-order valence-corrected chi connectivity index (χ0v) is 14.5. The van der Waals surface area contributed by atoms with Gasteiger partial charge in [0.25, 0.3) is 10.0 Å². The number of hydrogen-bond donors (Lipinski definition) is 1. The summed E-state index contributed by atoms with van der Waals surface area (Å²) in [5.41, 5.74) is 1.45. The average molecular weight is 370 g/mol. The fraction of sp³-hybridized carbons (Fsp3) is 0.0588. The van der Waals surface area contributed by atoms with E-state index in [1.54, 1.807) is 48.5 Å². The van der Waals surface area contributed by atoms with E-state index in [1.165, 1.54) is 0 Å². The molecule has 0 radical (unpaired) electrons. The van der Waals surface area contributed by atoms with E-state index in [2.05, 4.69) is 0 Å². The Hall–Kier alpha value is -1.85. The number of anilines is 1. The van der Waals surface area contributed by atoms with Crippen molar-refractivity contribution in [3.8, 4) is 0 Å². The molecule has 0 atom stereocenters. The first-order valence-corrected chi connectivity index (χ1v) is 8.21. The topological polar surface area (TPSA) is 63.4 Å². The summed E-state index contributed by atoms with van der Waals surface area (Å²) in [6.07, 6.45) is 0. The minimum atomic E-state index is -3.67. The van der Waals surface area contributed by atoms with Crippen LogP contribution in [-0.2, 0) is 27.1 Å². The smallest absolute Gasteiger partial charge is 0.257 e. The second kappa shape index (κ2) is 8.70. The van der Waals surface area contributed by atoms with Crippen LogP contribution in [0.1, 0.15) is 5.56 Å². The van der Waals surface area contributed by atoms with Crippen molar-refractivity contribution in [2.24, 2.45) is 5.84 Å². The van der Waals surface area contributed by atoms with Crippen molar-refractivity contribution in [2.75, 3.05) is 4.41 Å². The second-order valence-electron chi connectivity index (χ2n) is 4.72. The normalized spacial score (nSPS) is 10.2. The largest absolute Gasteiger partial charge is 2.00 e. The number of sulfonamides is 1. The van der Waals surface area contributed by atoms with Crippen molar-refractivity contribution < 1.29 is 25.5 Å². The molecule has 2 N–H and O–H groups in total. The molecule has 0 amide bonds. The van der Waals surface area contributed by atoms with Crippen LogP contribution in [0.15, 0.2) is 83.8 Å². The standard InChI is InChI=1S/C12H13N2O2S.C5H5.Fe/c1-10-6-8-12(9-7-10)17(15,16)14(13)11-4-2-3-5-11;1-2-4-5-3-1;/h2-9H,13H2,1H3;1-5H;/q2*-1;+2. The van der Waals surface area contributed by atoms with Crippen LogP contribution in [0, 0.1) is 6.92 Å². The molecule has 0 aromatic heterocycles. The molecule has 0 spiro atoms. The molecule has 0 aliphatic rings. The Morgan fingerprint density at radius 3 is 1.96 bits per heavy atom. The van der Waals surface area contributed by atoms with Crippen molar-refractivity contribution in [3.63, 3.8) is 0 Å². The third kappa shape index (κ3) is 5.08. The number of benzene rings is 1. The van der Waals surface area contributed by atoms with Gasteiger partial charge in [-0.05, 0) is 24.7 Å². The third-order valence-electron chi connectivity index (χ3n) is 3.03. The monoisotopic (exact) mass is 370 g/mol. The summed E-state index contributed by atoms with van der Waals surface area (Å²) in [6.45, 7) is 1.90. The van der Waals surface area contributed by atoms with Gasteiger partial charge in [-0.3, -0.25) is 4.41 Å². The van der Waals surface area contributed by atoms with Crippen LogP contribution in [0.4, 0.5) is 5.69 Å². The molecule has 0 saturated heterocycles. The molecule has 3 aromatic rings. The van der Waals surface area contributed by atoms with E-state index in [4.69, 9.17) is 5.84 Å². The molecule has 122 valence electrons. The zero-order valence-electron chi connectivity index (χ0n) is 12.6. The Morgan fingerprint density at radius 2 is 1.52 bits per heavy atom. The van der Waals surface area contributed by atoms with E-state index >= 15 is 0 Å². The summed E-state index contributed by atoms with van der Waals surface area (Å²) in [5.74, 6) is 5.63. The Morgan fingerprint density at radius 1 is 1.00 bits per heavy atom. The van der Waals surface area contributed by atoms with Crippen LogP contribution in [-0.4, -0.2) is 8.42 Å². The first-order valence-electron chi connectivity index (χ1n) is 6.77. The number of hydrogen-bond acceptors (Lipinski definition) is 3. The Kier molecular flexibility index (Phi) is 7.26. The molecule has 3 aromatic carbocycles. The van der Waals surface area contributed by atoms with Gasteiger partial charge in [-0.2, -0.15) is 30.3 Å². The van der Waals surface area contributed by atoms with Gasteiger partial charge < -0.3 is 0 Å². The van der Waals surface area contributed by atoms with Gasteiger partial charge in [0.05, 0.1) is 4.90 Å². The van der Waals surface area contributed by atoms with Crippen molar-refractivity contribution in [2.45, 2.75) is 11.8 Å². The summed E-state index contributed by atoms with van der Waals surface area (Å²) in [6, 6.07) is 23.3. The van der Waals surface area contributed by atoms with E-state index in [0.717, 1.165) is 9.98 Å². The van der Waals surface area contributed by atoms with Gasteiger partial charge in [0.2, 0.25) is 0 Å². The summed E-state index contributed by atoms with van der Waals surface area (Å²) in [4.78, 5) is 0.187. The SMILES string of the molecule is Cc1ccc(S(=O)(=O)N(N)[c-]2cccc2)cc1.[Fe+2].c1cc[cH-]c1. The van der Waals surface area contributed by atoms with Crippen molar-refractivity contribution >= 4 is 15.7 Å². The minimum Gasteiger partial charge on any atom is -0.257 e. The number of nitrogens with two attached hydrogens (primary N) is 1. The van der Waals surface area contributed by atoms with Crippen LogP contribution in [0.25, 0.3) is 0 Å². The minimum absolute atomic E-state index is 0. The maximum atomic E-state index is 12.1. The Labute approximate surface area is 147 Å². The molecule has 0 heterocycles. The van der Waals surface area contributed by atoms with Gasteiger partial charge in [-0.15, -0.1) is 0 Å². The van der Waals surface area contributed by atoms with E-state index in [1.807, 2.05) is 37.3 Å². The molecule has 0 aliphatic heterocycles. The van der Waals surface area contributed by atoms with Crippen LogP contribution in [0.5, 0.6) is 0 Å². The van der Waals surface area contributed by atoms with Gasteiger partial charge in [-0.1, -0.05) is 17.7 Å². The molecule has 0 unspecified atom stereocenters. The predicted octanol–water partition coefficient (Wildman–Crippen LogP) is 3.19. The molecule has 0 bridgehead atoms. The molecule has 6 heteroatoms. The molecule has 4 nitrogen and oxygen atoms in total. The number of nitrogens with zero attached hydrogens (tertiary/aromatic N) is 1. The van der Waals surface area contributed by atoms with E-state index in [9.17, 15) is 8.42 Å².